The highest BCUT2D eigenvalue weighted by Crippen LogP contribution is 2.22. The third-order valence-corrected chi connectivity index (χ3v) is 2.16. The number of hydrogen-bond donors (Lipinski definition) is 1. The third kappa shape index (κ3) is 2.52. The molecule has 76 valence electrons. The van der Waals surface area contributed by atoms with Gasteiger partial charge in [0.2, 0.25) is 0 Å². The van der Waals surface area contributed by atoms with Gasteiger partial charge in [0.1, 0.15) is 5.75 Å². The molecule has 0 aromatic heterocycles. The Balaban J connectivity index is 2.95. The number of hydrogen-bond acceptors (Lipinski definition) is 2. The topological polar surface area (TPSA) is 21.3 Å². The zero-order valence-corrected chi connectivity index (χ0v) is 9.00. The van der Waals surface area contributed by atoms with Crippen LogP contribution in [0.25, 0.3) is 0 Å². The second-order valence-corrected chi connectivity index (χ2v) is 3.05. The molecular weight excluding hydrogens is 174 g/mol. The molecule has 0 fully saturated rings. The Morgan fingerprint density at radius 1 is 1.43 bits per heavy atom. The summed E-state index contributed by atoms with van der Waals surface area (Å²) in [5.74, 6) is 0.906. The normalized spacial score (nSPS) is 10.5. The highest BCUT2D eigenvalue weighted by atomic mass is 16.5. The molecule has 0 saturated carbocycles. The van der Waals surface area contributed by atoms with Crippen LogP contribution in [0.3, 0.4) is 0 Å². The van der Waals surface area contributed by atoms with E-state index in [1.54, 1.807) is 7.11 Å². The highest BCUT2D eigenvalue weighted by Gasteiger charge is 2.00. The maximum atomic E-state index is 5.18. The summed E-state index contributed by atoms with van der Waals surface area (Å²) in [6.45, 7) is 2.03. The smallest absolute Gasteiger partial charge is 0.119 e. The number of anilines is 1. The molecular formula is C12H17NO. The first-order valence-electron chi connectivity index (χ1n) is 4.77. The second-order valence-electron chi connectivity index (χ2n) is 3.05. The summed E-state index contributed by atoms with van der Waals surface area (Å²) in [5, 5.41) is 3.17. The number of nitrogens with one attached hydrogen (secondary N) is 1. The average molecular weight is 191 g/mol. The Morgan fingerprint density at radius 3 is 2.79 bits per heavy atom. The van der Waals surface area contributed by atoms with Crippen molar-refractivity contribution >= 4 is 5.69 Å². The van der Waals surface area contributed by atoms with Gasteiger partial charge >= 0.3 is 0 Å². The van der Waals surface area contributed by atoms with Gasteiger partial charge in [-0.1, -0.05) is 12.2 Å². The SMILES string of the molecule is C/C=C/Cc1cc(OC)ccc1NC. The standard InChI is InChI=1S/C12H17NO/c1-4-5-6-10-9-11(14-3)7-8-12(10)13-2/h4-5,7-9,13H,6H2,1-3H3/b5-4+. The van der Waals surface area contributed by atoms with Crippen LogP contribution >= 0.6 is 0 Å². The van der Waals surface area contributed by atoms with E-state index in [0.717, 1.165) is 17.9 Å². The molecule has 0 bridgehead atoms. The van der Waals surface area contributed by atoms with E-state index < -0.39 is 0 Å². The largest absolute Gasteiger partial charge is 0.497 e. The summed E-state index contributed by atoms with van der Waals surface area (Å²) in [6, 6.07) is 6.06. The van der Waals surface area contributed by atoms with Gasteiger partial charge in [-0.2, -0.15) is 0 Å². The van der Waals surface area contributed by atoms with Crippen LogP contribution < -0.4 is 10.1 Å². The first-order valence-corrected chi connectivity index (χ1v) is 4.77. The summed E-state index contributed by atoms with van der Waals surface area (Å²) >= 11 is 0. The quantitative estimate of drug-likeness (QED) is 0.739. The summed E-state index contributed by atoms with van der Waals surface area (Å²) in [6.07, 6.45) is 5.12. The van der Waals surface area contributed by atoms with Crippen LogP contribution in [0.5, 0.6) is 5.75 Å². The van der Waals surface area contributed by atoms with E-state index >= 15 is 0 Å². The van der Waals surface area contributed by atoms with E-state index in [2.05, 4.69) is 23.5 Å². The van der Waals surface area contributed by atoms with Crippen molar-refractivity contribution in [1.29, 1.82) is 0 Å². The average Bonchev–Trinajstić information content (AvgIpc) is 2.25. The maximum Gasteiger partial charge on any atom is 0.119 e. The van der Waals surface area contributed by atoms with Crippen molar-refractivity contribution in [3.63, 3.8) is 0 Å². The molecule has 0 saturated heterocycles. The number of rotatable bonds is 4. The van der Waals surface area contributed by atoms with E-state index in [-0.39, 0.29) is 0 Å². The summed E-state index contributed by atoms with van der Waals surface area (Å²) in [7, 11) is 3.62. The van der Waals surface area contributed by atoms with Crippen LogP contribution in [0.4, 0.5) is 5.69 Å². The van der Waals surface area contributed by atoms with E-state index in [0.29, 0.717) is 0 Å². The first kappa shape index (κ1) is 10.6. The molecule has 1 aromatic carbocycles. The van der Waals surface area contributed by atoms with Crippen molar-refractivity contribution in [2.24, 2.45) is 0 Å². The minimum absolute atomic E-state index is 0.906. The fraction of sp³-hybridized carbons (Fsp3) is 0.333. The van der Waals surface area contributed by atoms with Gasteiger partial charge in [-0.3, -0.25) is 0 Å². The summed E-state index contributed by atoms with van der Waals surface area (Å²) in [5.41, 5.74) is 2.41. The Hall–Kier alpha value is -1.44. The van der Waals surface area contributed by atoms with Crippen molar-refractivity contribution in [3.05, 3.63) is 35.9 Å². The zero-order valence-electron chi connectivity index (χ0n) is 9.00. The Morgan fingerprint density at radius 2 is 2.21 bits per heavy atom. The van der Waals surface area contributed by atoms with Gasteiger partial charge in [0.05, 0.1) is 7.11 Å². The van der Waals surface area contributed by atoms with Crippen molar-refractivity contribution in [3.8, 4) is 5.75 Å². The zero-order chi connectivity index (χ0) is 10.4. The minimum atomic E-state index is 0.906. The van der Waals surface area contributed by atoms with Gasteiger partial charge in [0.15, 0.2) is 0 Å². The maximum absolute atomic E-state index is 5.18. The van der Waals surface area contributed by atoms with E-state index in [1.807, 2.05) is 26.1 Å². The molecule has 0 aliphatic heterocycles. The molecule has 14 heavy (non-hydrogen) atoms. The van der Waals surface area contributed by atoms with Crippen LogP contribution in [-0.4, -0.2) is 14.2 Å². The third-order valence-electron chi connectivity index (χ3n) is 2.16. The van der Waals surface area contributed by atoms with Crippen molar-refractivity contribution < 1.29 is 4.74 Å². The van der Waals surface area contributed by atoms with Crippen molar-refractivity contribution in [1.82, 2.24) is 0 Å². The van der Waals surface area contributed by atoms with Gasteiger partial charge in [0.25, 0.3) is 0 Å². The molecule has 0 unspecified atom stereocenters. The van der Waals surface area contributed by atoms with Gasteiger partial charge in [-0.15, -0.1) is 0 Å². The minimum Gasteiger partial charge on any atom is -0.497 e. The molecule has 0 amide bonds. The lowest BCUT2D eigenvalue weighted by Gasteiger charge is -2.09. The Kier molecular flexibility index (Phi) is 4.05. The molecule has 2 heteroatoms. The second kappa shape index (κ2) is 5.32. The Bertz CT molecular complexity index is 318. The van der Waals surface area contributed by atoms with E-state index in [9.17, 15) is 0 Å². The molecule has 1 rings (SSSR count). The summed E-state index contributed by atoms with van der Waals surface area (Å²) in [4.78, 5) is 0. The van der Waals surface area contributed by atoms with Crippen LogP contribution in [0.15, 0.2) is 30.4 Å². The van der Waals surface area contributed by atoms with Crippen molar-refractivity contribution in [2.45, 2.75) is 13.3 Å². The number of ether oxygens (including phenoxy) is 1. The van der Waals surface area contributed by atoms with Gasteiger partial charge in [-0.05, 0) is 37.1 Å². The van der Waals surface area contributed by atoms with Gasteiger partial charge in [-0.25, -0.2) is 0 Å². The first-order chi connectivity index (χ1) is 6.81. The number of allylic oxidation sites excluding steroid dienone is 2. The fourth-order valence-electron chi connectivity index (χ4n) is 1.35. The number of benzene rings is 1. The van der Waals surface area contributed by atoms with Crippen LogP contribution in [-0.2, 0) is 6.42 Å². The van der Waals surface area contributed by atoms with E-state index in [1.165, 1.54) is 5.56 Å². The molecule has 0 aliphatic rings. The van der Waals surface area contributed by atoms with Crippen LogP contribution in [0.1, 0.15) is 12.5 Å². The van der Waals surface area contributed by atoms with Crippen LogP contribution in [0, 0.1) is 0 Å². The van der Waals surface area contributed by atoms with E-state index in [4.69, 9.17) is 4.74 Å². The predicted octanol–water partition coefficient (Wildman–Crippen LogP) is 2.86. The predicted molar refractivity (Wildman–Crippen MR) is 61.1 cm³/mol. The lowest BCUT2D eigenvalue weighted by molar-refractivity contribution is 0.414. The van der Waals surface area contributed by atoms with Crippen molar-refractivity contribution in [2.75, 3.05) is 19.5 Å². The molecule has 0 aliphatic carbocycles. The van der Waals surface area contributed by atoms with Gasteiger partial charge in [0, 0.05) is 12.7 Å². The Labute approximate surface area is 85.6 Å². The highest BCUT2D eigenvalue weighted by molar-refractivity contribution is 5.54. The van der Waals surface area contributed by atoms with Gasteiger partial charge < -0.3 is 10.1 Å². The van der Waals surface area contributed by atoms with Crippen LogP contribution in [0.2, 0.25) is 0 Å². The monoisotopic (exact) mass is 191 g/mol. The lowest BCUT2D eigenvalue weighted by Crippen LogP contribution is -1.95. The molecule has 1 aromatic rings. The number of methoxy groups -OCH3 is 1. The molecule has 1 N–H and O–H groups in total. The lowest BCUT2D eigenvalue weighted by atomic mass is 10.1. The molecule has 0 atom stereocenters. The molecule has 0 radical (unpaired) electrons. The molecule has 2 nitrogen and oxygen atoms in total. The molecule has 0 spiro atoms. The fourth-order valence-corrected chi connectivity index (χ4v) is 1.35. The molecule has 0 heterocycles. The summed E-state index contributed by atoms with van der Waals surface area (Å²) < 4.78 is 5.18.